The number of alkyl halides is 3. The van der Waals surface area contributed by atoms with Crippen molar-refractivity contribution in [2.75, 3.05) is 0 Å². The van der Waals surface area contributed by atoms with E-state index in [2.05, 4.69) is 6.92 Å². The predicted molar refractivity (Wildman–Crippen MR) is 73.6 cm³/mol. The van der Waals surface area contributed by atoms with E-state index >= 15 is 0 Å². The van der Waals surface area contributed by atoms with Crippen LogP contribution in [0.5, 0.6) is 0 Å². The Morgan fingerprint density at radius 2 is 1.75 bits per heavy atom. The fraction of sp³-hybridized carbons (Fsp3) is 0.562. The van der Waals surface area contributed by atoms with Crippen LogP contribution in [0.4, 0.5) is 13.2 Å². The standard InChI is InChI=1S/C16H21F3O/c1-3-4-5-6-14(11-12(2)20)13-7-9-15(10-8-13)16(17,18)19/h7-10,14H,3-6,11H2,1-2H3/t14-/m0/s1. The molecule has 0 unspecified atom stereocenters. The van der Waals surface area contributed by atoms with E-state index in [1.165, 1.54) is 19.1 Å². The Hall–Kier alpha value is -1.32. The number of unbranched alkanes of at least 4 members (excludes halogenated alkanes) is 2. The molecule has 0 spiro atoms. The van der Waals surface area contributed by atoms with Crippen LogP contribution in [0.1, 0.15) is 63.0 Å². The van der Waals surface area contributed by atoms with Crippen LogP contribution in [0.2, 0.25) is 0 Å². The van der Waals surface area contributed by atoms with Gasteiger partial charge in [-0.1, -0.05) is 38.3 Å². The molecule has 0 saturated heterocycles. The van der Waals surface area contributed by atoms with Crippen LogP contribution in [0.25, 0.3) is 0 Å². The van der Waals surface area contributed by atoms with Gasteiger partial charge in [0.1, 0.15) is 5.78 Å². The van der Waals surface area contributed by atoms with Crippen molar-refractivity contribution in [1.29, 1.82) is 0 Å². The summed E-state index contributed by atoms with van der Waals surface area (Å²) in [5, 5.41) is 0. The number of Topliss-reactive ketones (excluding diaryl/α,β-unsaturated/α-hetero) is 1. The minimum absolute atomic E-state index is 0.0290. The molecular formula is C16H21F3O. The Morgan fingerprint density at radius 3 is 2.20 bits per heavy atom. The quantitative estimate of drug-likeness (QED) is 0.618. The molecule has 1 nitrogen and oxygen atoms in total. The lowest BCUT2D eigenvalue weighted by Crippen LogP contribution is -2.07. The van der Waals surface area contributed by atoms with Gasteiger partial charge in [0, 0.05) is 6.42 Å². The second-order valence-electron chi connectivity index (χ2n) is 5.22. The van der Waals surface area contributed by atoms with Gasteiger partial charge in [-0.25, -0.2) is 0 Å². The van der Waals surface area contributed by atoms with Gasteiger partial charge in [-0.15, -0.1) is 0 Å². The minimum atomic E-state index is -4.31. The van der Waals surface area contributed by atoms with Crippen LogP contribution in [0.15, 0.2) is 24.3 Å². The Balaban J connectivity index is 2.81. The summed E-state index contributed by atoms with van der Waals surface area (Å²) >= 11 is 0. The first-order valence-electron chi connectivity index (χ1n) is 7.01. The summed E-state index contributed by atoms with van der Waals surface area (Å²) in [5.74, 6) is 0.104. The second kappa shape index (κ2) is 7.46. The van der Waals surface area contributed by atoms with E-state index in [4.69, 9.17) is 0 Å². The van der Waals surface area contributed by atoms with E-state index in [1.807, 2.05) is 0 Å². The smallest absolute Gasteiger partial charge is 0.300 e. The molecule has 0 saturated carbocycles. The van der Waals surface area contributed by atoms with Crippen LogP contribution in [0.3, 0.4) is 0 Å². The maximum atomic E-state index is 12.5. The maximum absolute atomic E-state index is 12.5. The molecule has 112 valence electrons. The van der Waals surface area contributed by atoms with E-state index in [0.29, 0.717) is 6.42 Å². The minimum Gasteiger partial charge on any atom is -0.300 e. The third-order valence-corrected chi connectivity index (χ3v) is 3.40. The highest BCUT2D eigenvalue weighted by Crippen LogP contribution is 2.32. The van der Waals surface area contributed by atoms with Crippen LogP contribution in [-0.2, 0) is 11.0 Å². The van der Waals surface area contributed by atoms with E-state index < -0.39 is 11.7 Å². The number of rotatable bonds is 7. The van der Waals surface area contributed by atoms with Crippen LogP contribution < -0.4 is 0 Å². The molecule has 4 heteroatoms. The van der Waals surface area contributed by atoms with Crippen molar-refractivity contribution >= 4 is 5.78 Å². The molecule has 20 heavy (non-hydrogen) atoms. The van der Waals surface area contributed by atoms with E-state index in [1.54, 1.807) is 0 Å². The van der Waals surface area contributed by atoms with E-state index in [9.17, 15) is 18.0 Å². The zero-order valence-corrected chi connectivity index (χ0v) is 12.0. The van der Waals surface area contributed by atoms with Crippen molar-refractivity contribution in [2.45, 2.75) is 58.0 Å². The molecule has 0 aromatic heterocycles. The van der Waals surface area contributed by atoms with Crippen LogP contribution in [-0.4, -0.2) is 5.78 Å². The second-order valence-corrected chi connectivity index (χ2v) is 5.22. The number of ketones is 1. The average Bonchev–Trinajstić information content (AvgIpc) is 2.36. The van der Waals surface area contributed by atoms with Gasteiger partial charge in [0.25, 0.3) is 0 Å². The highest BCUT2D eigenvalue weighted by Gasteiger charge is 2.30. The number of hydrogen-bond donors (Lipinski definition) is 0. The molecule has 0 amide bonds. The summed E-state index contributed by atoms with van der Waals surface area (Å²) in [6, 6.07) is 5.20. The lowest BCUT2D eigenvalue weighted by atomic mass is 9.88. The highest BCUT2D eigenvalue weighted by molar-refractivity contribution is 5.76. The SMILES string of the molecule is CCCCC[C@@H](CC(C)=O)c1ccc(C(F)(F)F)cc1. The number of hydrogen-bond acceptors (Lipinski definition) is 1. The first-order chi connectivity index (χ1) is 9.34. The zero-order valence-electron chi connectivity index (χ0n) is 12.0. The number of benzene rings is 1. The number of halogens is 3. The Bertz CT molecular complexity index is 420. The lowest BCUT2D eigenvalue weighted by Gasteiger charge is -2.17. The van der Waals surface area contributed by atoms with Crippen molar-refractivity contribution in [3.63, 3.8) is 0 Å². The zero-order chi connectivity index (χ0) is 15.2. The number of carbonyl (C=O) groups excluding carboxylic acids is 1. The number of carbonyl (C=O) groups is 1. The summed E-state index contributed by atoms with van der Waals surface area (Å²) in [4.78, 5) is 11.3. The molecule has 0 heterocycles. The molecule has 1 rings (SSSR count). The predicted octanol–water partition coefficient (Wildman–Crippen LogP) is 5.35. The molecule has 1 atom stereocenters. The molecule has 0 aliphatic rings. The van der Waals surface area contributed by atoms with Gasteiger partial charge >= 0.3 is 6.18 Å². The molecule has 1 aromatic rings. The fourth-order valence-corrected chi connectivity index (χ4v) is 2.32. The highest BCUT2D eigenvalue weighted by atomic mass is 19.4. The Labute approximate surface area is 118 Å². The van der Waals surface area contributed by atoms with Gasteiger partial charge in [-0.3, -0.25) is 0 Å². The third kappa shape index (κ3) is 5.35. The van der Waals surface area contributed by atoms with E-state index in [0.717, 1.165) is 43.4 Å². The molecule has 0 radical (unpaired) electrons. The molecule has 0 aliphatic heterocycles. The van der Waals surface area contributed by atoms with Gasteiger partial charge in [0.05, 0.1) is 5.56 Å². The summed E-state index contributed by atoms with van der Waals surface area (Å²) in [5.41, 5.74) is 0.181. The average molecular weight is 286 g/mol. The summed E-state index contributed by atoms with van der Waals surface area (Å²) in [7, 11) is 0. The monoisotopic (exact) mass is 286 g/mol. The normalized spacial score (nSPS) is 13.2. The van der Waals surface area contributed by atoms with Gasteiger partial charge in [0.2, 0.25) is 0 Å². The van der Waals surface area contributed by atoms with Crippen molar-refractivity contribution < 1.29 is 18.0 Å². The summed E-state index contributed by atoms with van der Waals surface area (Å²) < 4.78 is 37.6. The molecule has 0 N–H and O–H groups in total. The van der Waals surface area contributed by atoms with E-state index in [-0.39, 0.29) is 11.7 Å². The first kappa shape index (κ1) is 16.7. The van der Waals surface area contributed by atoms with Gasteiger partial charge in [0.15, 0.2) is 0 Å². The van der Waals surface area contributed by atoms with Gasteiger partial charge in [-0.2, -0.15) is 13.2 Å². The summed E-state index contributed by atoms with van der Waals surface area (Å²) in [6.07, 6.45) is 0.0922. The van der Waals surface area contributed by atoms with Crippen molar-refractivity contribution in [3.05, 3.63) is 35.4 Å². The van der Waals surface area contributed by atoms with Crippen molar-refractivity contribution in [1.82, 2.24) is 0 Å². The van der Waals surface area contributed by atoms with Gasteiger partial charge < -0.3 is 4.79 Å². The van der Waals surface area contributed by atoms with Gasteiger partial charge in [-0.05, 0) is 37.0 Å². The largest absolute Gasteiger partial charge is 0.416 e. The molecule has 0 bridgehead atoms. The van der Waals surface area contributed by atoms with Crippen molar-refractivity contribution in [2.24, 2.45) is 0 Å². The maximum Gasteiger partial charge on any atom is 0.416 e. The lowest BCUT2D eigenvalue weighted by molar-refractivity contribution is -0.137. The topological polar surface area (TPSA) is 17.1 Å². The Morgan fingerprint density at radius 1 is 1.15 bits per heavy atom. The summed E-state index contributed by atoms with van der Waals surface area (Å²) in [6.45, 7) is 3.62. The van der Waals surface area contributed by atoms with Crippen molar-refractivity contribution in [3.8, 4) is 0 Å². The van der Waals surface area contributed by atoms with Crippen LogP contribution in [0, 0.1) is 0 Å². The third-order valence-electron chi connectivity index (χ3n) is 3.40. The molecule has 0 fully saturated rings. The first-order valence-corrected chi connectivity index (χ1v) is 7.01. The van der Waals surface area contributed by atoms with Crippen LogP contribution >= 0.6 is 0 Å². The Kier molecular flexibility index (Phi) is 6.24. The molecule has 1 aromatic carbocycles. The fourth-order valence-electron chi connectivity index (χ4n) is 2.32. The molecular weight excluding hydrogens is 265 g/mol. The molecule has 0 aliphatic carbocycles.